The van der Waals surface area contributed by atoms with E-state index in [0.29, 0.717) is 19.1 Å². The van der Waals surface area contributed by atoms with Crippen molar-refractivity contribution in [2.45, 2.75) is 77.7 Å². The molecule has 31 heavy (non-hydrogen) atoms. The summed E-state index contributed by atoms with van der Waals surface area (Å²) in [6.07, 6.45) is 11.7. The van der Waals surface area contributed by atoms with Gasteiger partial charge in [0.25, 0.3) is 0 Å². The average molecular weight is 455 g/mol. The maximum atomic E-state index is 11.4. The van der Waals surface area contributed by atoms with Crippen molar-refractivity contribution in [1.82, 2.24) is 0 Å². The Labute approximate surface area is 188 Å². The van der Waals surface area contributed by atoms with E-state index in [-0.39, 0.29) is 6.61 Å². The maximum absolute atomic E-state index is 11.4. The van der Waals surface area contributed by atoms with Crippen LogP contribution < -0.4 is 0 Å². The number of fused-ring (bicyclic) bond motifs is 1. The first-order valence-corrected chi connectivity index (χ1v) is 13.2. The van der Waals surface area contributed by atoms with Gasteiger partial charge in [0.1, 0.15) is 6.54 Å². The van der Waals surface area contributed by atoms with Crippen LogP contribution in [0.4, 0.5) is 0 Å². The molecule has 0 fully saturated rings. The zero-order valence-electron chi connectivity index (χ0n) is 19.2. The largest absolute Gasteiger partial charge is 0.397 e. The van der Waals surface area contributed by atoms with Crippen LogP contribution in [0.2, 0.25) is 0 Å². The maximum Gasteiger partial charge on any atom is 0.397 e. The van der Waals surface area contributed by atoms with E-state index in [9.17, 15) is 13.0 Å². The van der Waals surface area contributed by atoms with Crippen LogP contribution in [-0.4, -0.2) is 56.2 Å². The van der Waals surface area contributed by atoms with Crippen LogP contribution in [0, 0.1) is 5.92 Å². The summed E-state index contributed by atoms with van der Waals surface area (Å²) in [6, 6.07) is 8.17. The molecule has 1 aromatic carbocycles. The third kappa shape index (κ3) is 10.7. The lowest BCUT2D eigenvalue weighted by Crippen LogP contribution is -2.36. The molecule has 0 bridgehead atoms. The highest BCUT2D eigenvalue weighted by atomic mass is 32.3. The summed E-state index contributed by atoms with van der Waals surface area (Å²) in [5.41, 5.74) is 2.41. The minimum Gasteiger partial charge on any atom is -0.378 e. The number of ether oxygens (including phenoxy) is 1. The molecule has 0 radical (unpaired) electrons. The van der Waals surface area contributed by atoms with Crippen LogP contribution >= 0.6 is 0 Å². The van der Waals surface area contributed by atoms with Gasteiger partial charge in [-0.05, 0) is 30.4 Å². The molecule has 1 N–H and O–H groups in total. The Balaban J connectivity index is 1.91. The first kappa shape index (κ1) is 26.0. The molecule has 6 nitrogen and oxygen atoms in total. The number of benzene rings is 1. The molecule has 0 aromatic heterocycles. The molecule has 176 valence electrons. The fraction of sp³-hybridized carbons (Fsp3) is 0.708. The standard InChI is InChI=1S/C24H39NO5S/c1-3-5-7-8-12-21(11-6-4-2)19-29-20-24(30-31(26,27)28)18-25-16-15-22-13-9-10-14-23(22)17-25/h9-10,13-14,17,21,24H,3-8,11-12,15-16,18-20H2,1-2H3/p+1. The second-order valence-corrected chi connectivity index (χ2v) is 9.66. The molecular weight excluding hydrogens is 414 g/mol. The van der Waals surface area contributed by atoms with Crippen LogP contribution in [0.5, 0.6) is 0 Å². The number of rotatable bonds is 16. The number of unbranched alkanes of at least 4 members (excludes halogenated alkanes) is 4. The second kappa shape index (κ2) is 14.0. The third-order valence-corrected chi connectivity index (χ3v) is 6.35. The highest BCUT2D eigenvalue weighted by molar-refractivity contribution is 7.80. The summed E-state index contributed by atoms with van der Waals surface area (Å²) in [5.74, 6) is 0.483. The van der Waals surface area contributed by atoms with E-state index >= 15 is 0 Å². The van der Waals surface area contributed by atoms with Crippen molar-refractivity contribution in [2.75, 3.05) is 26.3 Å². The quantitative estimate of drug-likeness (QED) is 0.223. The number of nitrogens with zero attached hydrogens (tertiary/aromatic N) is 1. The highest BCUT2D eigenvalue weighted by Gasteiger charge is 2.25. The molecule has 0 amide bonds. The lowest BCUT2D eigenvalue weighted by Gasteiger charge is -2.20. The van der Waals surface area contributed by atoms with Crippen LogP contribution in [0.3, 0.4) is 0 Å². The van der Waals surface area contributed by atoms with Gasteiger partial charge in [-0.1, -0.05) is 70.6 Å². The van der Waals surface area contributed by atoms with E-state index in [4.69, 9.17) is 8.92 Å². The third-order valence-electron chi connectivity index (χ3n) is 5.83. The van der Waals surface area contributed by atoms with E-state index in [1.807, 2.05) is 29.0 Å². The Morgan fingerprint density at radius 3 is 2.52 bits per heavy atom. The Hall–Kier alpha value is -1.28. The van der Waals surface area contributed by atoms with Gasteiger partial charge in [-0.3, -0.25) is 4.55 Å². The lowest BCUT2D eigenvalue weighted by molar-refractivity contribution is -0.532. The average Bonchev–Trinajstić information content (AvgIpc) is 2.73. The first-order chi connectivity index (χ1) is 14.9. The molecule has 2 atom stereocenters. The Morgan fingerprint density at radius 1 is 1.03 bits per heavy atom. The summed E-state index contributed by atoms with van der Waals surface area (Å²) in [5, 5.41) is 0. The zero-order valence-corrected chi connectivity index (χ0v) is 20.0. The smallest absolute Gasteiger partial charge is 0.378 e. The number of hydrogen-bond acceptors (Lipinski definition) is 4. The van der Waals surface area contributed by atoms with Crippen molar-refractivity contribution in [1.29, 1.82) is 0 Å². The van der Waals surface area contributed by atoms with E-state index in [1.165, 1.54) is 37.7 Å². The topological polar surface area (TPSA) is 75.8 Å². The molecule has 1 aliphatic rings. The summed E-state index contributed by atoms with van der Waals surface area (Å²) >= 11 is 0. The molecule has 0 aliphatic carbocycles. The van der Waals surface area contributed by atoms with Crippen LogP contribution in [0.1, 0.15) is 76.3 Å². The van der Waals surface area contributed by atoms with Gasteiger partial charge >= 0.3 is 10.4 Å². The monoisotopic (exact) mass is 454 g/mol. The van der Waals surface area contributed by atoms with Crippen LogP contribution in [-0.2, 0) is 25.7 Å². The molecule has 2 unspecified atom stereocenters. The van der Waals surface area contributed by atoms with Crippen LogP contribution in [0.25, 0.3) is 0 Å². The Kier molecular flexibility index (Phi) is 11.7. The minimum atomic E-state index is -4.54. The second-order valence-electron chi connectivity index (χ2n) is 8.61. The Bertz CT molecular complexity index is 778. The normalized spacial score (nSPS) is 15.9. The van der Waals surface area contributed by atoms with Crippen molar-refractivity contribution in [2.24, 2.45) is 5.92 Å². The van der Waals surface area contributed by atoms with E-state index in [0.717, 1.165) is 37.8 Å². The van der Waals surface area contributed by atoms with Crippen molar-refractivity contribution in [3.63, 3.8) is 0 Å². The predicted octanol–water partition coefficient (Wildman–Crippen LogP) is 4.66. The van der Waals surface area contributed by atoms with E-state index in [1.54, 1.807) is 0 Å². The molecule has 2 rings (SSSR count). The van der Waals surface area contributed by atoms with Gasteiger partial charge in [0.15, 0.2) is 18.9 Å². The molecular formula is C24H40NO5S+. The highest BCUT2D eigenvalue weighted by Crippen LogP contribution is 2.18. The molecule has 1 heterocycles. The van der Waals surface area contributed by atoms with Gasteiger partial charge < -0.3 is 4.74 Å². The molecule has 0 saturated carbocycles. The number of hydrogen-bond donors (Lipinski definition) is 1. The van der Waals surface area contributed by atoms with Gasteiger partial charge in [-0.15, -0.1) is 0 Å². The fourth-order valence-electron chi connectivity index (χ4n) is 4.13. The van der Waals surface area contributed by atoms with Gasteiger partial charge in [0.2, 0.25) is 0 Å². The first-order valence-electron chi connectivity index (χ1n) is 11.8. The van der Waals surface area contributed by atoms with Crippen LogP contribution in [0.15, 0.2) is 24.3 Å². The minimum absolute atomic E-state index is 0.142. The SMILES string of the molecule is CCCCCCC(CCCC)COCC(C[N+]1=Cc2ccccc2CC1)OS(=O)(=O)O. The summed E-state index contributed by atoms with van der Waals surface area (Å²) in [6.45, 7) is 6.28. The predicted molar refractivity (Wildman–Crippen MR) is 124 cm³/mol. The molecule has 1 aliphatic heterocycles. The molecule has 0 saturated heterocycles. The van der Waals surface area contributed by atoms with Gasteiger partial charge in [-0.2, -0.15) is 8.42 Å². The van der Waals surface area contributed by atoms with Crippen molar-refractivity contribution in [3.8, 4) is 0 Å². The van der Waals surface area contributed by atoms with E-state index < -0.39 is 16.5 Å². The zero-order chi connectivity index (χ0) is 22.5. The summed E-state index contributed by atoms with van der Waals surface area (Å²) in [4.78, 5) is 0. The van der Waals surface area contributed by atoms with Gasteiger partial charge in [-0.25, -0.2) is 8.76 Å². The fourth-order valence-corrected chi connectivity index (χ4v) is 4.59. The van der Waals surface area contributed by atoms with Crippen molar-refractivity contribution >= 4 is 16.6 Å². The van der Waals surface area contributed by atoms with E-state index in [2.05, 4.69) is 19.9 Å². The van der Waals surface area contributed by atoms with Gasteiger partial charge in [0.05, 0.1) is 6.61 Å². The van der Waals surface area contributed by atoms with Crippen molar-refractivity contribution in [3.05, 3.63) is 35.4 Å². The molecule has 0 spiro atoms. The lowest BCUT2D eigenvalue weighted by atomic mass is 9.96. The molecule has 1 aromatic rings. The van der Waals surface area contributed by atoms with Gasteiger partial charge in [0, 0.05) is 18.6 Å². The summed E-state index contributed by atoms with van der Waals surface area (Å²) < 4.78 is 44.9. The Morgan fingerprint density at radius 2 is 1.77 bits per heavy atom. The molecule has 7 heteroatoms. The summed E-state index contributed by atoms with van der Waals surface area (Å²) in [7, 11) is -4.54. The van der Waals surface area contributed by atoms with Crippen molar-refractivity contribution < 1.29 is 26.5 Å².